The zero-order chi connectivity index (χ0) is 36.3. The monoisotopic (exact) mass is 528 g/mol. The van der Waals surface area contributed by atoms with Crippen LogP contribution < -0.4 is 15.0 Å². The molecule has 1 saturated heterocycles. The summed E-state index contributed by atoms with van der Waals surface area (Å²) < 4.78 is 132. The molecule has 0 amide bonds. The molecule has 0 aliphatic carbocycles. The summed E-state index contributed by atoms with van der Waals surface area (Å²) in [6.45, 7) is -6.59. The number of H-pyrrole nitrogens is 1. The fourth-order valence-corrected chi connectivity index (χ4v) is 4.72. The Bertz CT molecular complexity index is 1840. The number of aryl methyl sites for hydroxylation is 2. The number of aromatic amines is 1. The van der Waals surface area contributed by atoms with Gasteiger partial charge in [-0.15, -0.1) is 0 Å². The number of hydrogen-bond acceptors (Lipinski definition) is 7. The number of rotatable bonds is 11. The molecule has 4 rings (SSSR count). The van der Waals surface area contributed by atoms with Gasteiger partial charge in [0.1, 0.15) is 17.1 Å². The van der Waals surface area contributed by atoms with Crippen molar-refractivity contribution in [3.63, 3.8) is 0 Å². The number of hydrogen-bond donors (Lipinski definition) is 2. The molecule has 3 aromatic rings. The minimum absolute atomic E-state index is 0.0144. The number of nitrogens with zero attached hydrogens (tertiary/aromatic N) is 4. The van der Waals surface area contributed by atoms with Gasteiger partial charge in [-0.05, 0) is 63.8 Å². The second-order valence-electron chi connectivity index (χ2n) is 8.25. The Kier molecular flexibility index (Phi) is 4.58. The minimum atomic E-state index is -4.81. The molecule has 0 saturated carbocycles. The number of likely N-dealkylation sites (tertiary alicyclic amines) is 1. The summed E-state index contributed by atoms with van der Waals surface area (Å²) >= 11 is 0. The first-order chi connectivity index (χ1) is 21.8. The van der Waals surface area contributed by atoms with Crippen LogP contribution in [0.4, 0.5) is 0 Å². The van der Waals surface area contributed by atoms with E-state index in [4.69, 9.17) is 21.2 Å². The highest BCUT2D eigenvalue weighted by molar-refractivity contribution is 7.89. The van der Waals surface area contributed by atoms with Gasteiger partial charge in [0.15, 0.2) is 5.52 Å². The van der Waals surface area contributed by atoms with Gasteiger partial charge in [-0.25, -0.2) is 18.1 Å². The van der Waals surface area contributed by atoms with E-state index in [1.54, 1.807) is 18.9 Å². The van der Waals surface area contributed by atoms with Crippen LogP contribution in [0.15, 0.2) is 27.9 Å². The molecule has 1 aromatic carbocycles. The number of aromatic nitrogens is 4. The number of ether oxygens (including phenoxy) is 1. The van der Waals surface area contributed by atoms with Gasteiger partial charge < -0.3 is 14.6 Å². The third-order valence-corrected chi connectivity index (χ3v) is 6.95. The summed E-state index contributed by atoms with van der Waals surface area (Å²) in [6, 6.07) is 2.36. The molecular formula is C25H36N6O4S. The maximum absolute atomic E-state index is 13.6. The molecule has 1 aliphatic rings. The minimum Gasteiger partial charge on any atom is -0.493 e. The lowest BCUT2D eigenvalue weighted by molar-refractivity contribution is 0.297. The number of nitrogens with one attached hydrogen (secondary N) is 2. The molecule has 1 aliphatic heterocycles. The van der Waals surface area contributed by atoms with E-state index in [2.05, 4.69) is 15.1 Å². The lowest BCUT2D eigenvalue weighted by Gasteiger charge is -2.19. The summed E-state index contributed by atoms with van der Waals surface area (Å²) in [7, 11) is -3.19. The summed E-state index contributed by atoms with van der Waals surface area (Å²) in [4.78, 5) is 21.1. The quantitative estimate of drug-likeness (QED) is 0.392. The lowest BCUT2D eigenvalue weighted by Crippen LogP contribution is -2.31. The Morgan fingerprint density at radius 1 is 1.36 bits per heavy atom. The molecule has 0 radical (unpaired) electrons. The highest BCUT2D eigenvalue weighted by atomic mass is 32.2. The zero-order valence-corrected chi connectivity index (χ0v) is 20.7. The molecule has 10 nitrogen and oxygen atoms in total. The molecule has 196 valence electrons. The molecular weight excluding hydrogens is 480 g/mol. The Hall–Kier alpha value is -2.76. The van der Waals surface area contributed by atoms with Crippen molar-refractivity contribution in [2.75, 3.05) is 26.7 Å². The summed E-state index contributed by atoms with van der Waals surface area (Å²) in [5, 5.41) is 3.77. The van der Waals surface area contributed by atoms with Crippen molar-refractivity contribution in [3.8, 4) is 17.1 Å². The molecule has 2 aromatic heterocycles. The maximum atomic E-state index is 13.6. The van der Waals surface area contributed by atoms with Gasteiger partial charge in [0.25, 0.3) is 5.56 Å². The zero-order valence-electron chi connectivity index (χ0n) is 31.9. The van der Waals surface area contributed by atoms with Crippen molar-refractivity contribution in [1.29, 1.82) is 0 Å². The van der Waals surface area contributed by atoms with Crippen LogP contribution in [-0.2, 0) is 23.4 Å². The normalized spacial score (nSPS) is 23.6. The highest BCUT2D eigenvalue weighted by Gasteiger charge is 2.23. The van der Waals surface area contributed by atoms with Gasteiger partial charge in [0.2, 0.25) is 10.0 Å². The molecule has 1 atom stereocenters. The largest absolute Gasteiger partial charge is 0.493 e. The molecule has 1 unspecified atom stereocenters. The van der Waals surface area contributed by atoms with E-state index >= 15 is 0 Å². The molecule has 11 heteroatoms. The number of fused-ring (bicyclic) bond motifs is 1. The van der Waals surface area contributed by atoms with Gasteiger partial charge >= 0.3 is 0 Å². The first-order valence-electron chi connectivity index (χ1n) is 17.4. The fourth-order valence-electron chi connectivity index (χ4n) is 3.89. The van der Waals surface area contributed by atoms with E-state index in [-0.39, 0.29) is 22.6 Å². The van der Waals surface area contributed by atoms with Gasteiger partial charge in [0.05, 0.1) is 22.8 Å². The Morgan fingerprint density at radius 3 is 2.94 bits per heavy atom. The van der Waals surface area contributed by atoms with Gasteiger partial charge in [-0.2, -0.15) is 5.10 Å². The van der Waals surface area contributed by atoms with E-state index in [9.17, 15) is 13.2 Å². The van der Waals surface area contributed by atoms with Crippen molar-refractivity contribution in [2.24, 2.45) is 6.98 Å². The van der Waals surface area contributed by atoms with Crippen molar-refractivity contribution in [1.82, 2.24) is 29.4 Å². The topological polar surface area (TPSA) is 122 Å². The maximum Gasteiger partial charge on any atom is 0.277 e. The number of sulfonamides is 1. The van der Waals surface area contributed by atoms with Gasteiger partial charge in [-0.1, -0.05) is 20.2 Å². The molecule has 0 bridgehead atoms. The predicted molar refractivity (Wildman–Crippen MR) is 140 cm³/mol. The summed E-state index contributed by atoms with van der Waals surface area (Å²) in [6.07, 6.45) is -5.14. The second kappa shape index (κ2) is 11.1. The van der Waals surface area contributed by atoms with Crippen LogP contribution in [0.25, 0.3) is 22.4 Å². The number of benzene rings is 1. The molecule has 1 fully saturated rings. The Labute approximate surface area is 229 Å². The first kappa shape index (κ1) is 14.8. The van der Waals surface area contributed by atoms with E-state index < -0.39 is 88.6 Å². The molecule has 3 heterocycles. The van der Waals surface area contributed by atoms with Crippen LogP contribution in [0, 0.1) is 0 Å². The highest BCUT2D eigenvalue weighted by Crippen LogP contribution is 2.31. The first-order valence-corrected chi connectivity index (χ1v) is 12.9. The van der Waals surface area contributed by atoms with Crippen LogP contribution >= 0.6 is 0 Å². The molecule has 0 spiro atoms. The average Bonchev–Trinajstić information content (AvgIpc) is 3.54. The Morgan fingerprint density at radius 2 is 2.22 bits per heavy atom. The standard InChI is InChI=1S/C25H36N6O4S/c1-5-8-20-22-23(31(4)29-20)25(32)28-24(27-22)19-16-18(10-11-21(19)35-15-6-2)36(33,34)26-13-12-17-9-7-14-30(17)3/h10-11,16-17,26H,5-9,12-15H2,1-4H3,(H,27,28,32)/i1D3,4D3,8D2,12D2,13D2. The van der Waals surface area contributed by atoms with Crippen LogP contribution in [0.2, 0.25) is 0 Å². The van der Waals surface area contributed by atoms with Crippen molar-refractivity contribution in [3.05, 3.63) is 34.2 Å². The van der Waals surface area contributed by atoms with Crippen molar-refractivity contribution in [2.45, 2.75) is 63.1 Å². The third-order valence-electron chi connectivity index (χ3n) is 5.71. The van der Waals surface area contributed by atoms with Crippen LogP contribution in [0.5, 0.6) is 5.75 Å². The molecule has 2 N–H and O–H groups in total. The van der Waals surface area contributed by atoms with Crippen molar-refractivity contribution >= 4 is 21.1 Å². The third kappa shape index (κ3) is 5.47. The summed E-state index contributed by atoms with van der Waals surface area (Å²) in [5.41, 5.74) is -3.32. The van der Waals surface area contributed by atoms with Gasteiger partial charge in [0, 0.05) is 36.0 Å². The lowest BCUT2D eigenvalue weighted by atomic mass is 10.1. The Balaban J connectivity index is 1.91. The van der Waals surface area contributed by atoms with Crippen LogP contribution in [0.1, 0.15) is 68.0 Å². The SMILES string of the molecule is [2H]C([2H])([2H])CC([2H])([2H])c1nn(C([2H])([2H])[2H])c2c(=O)[nH]c(-c3cc(S(=O)(=O)NC([2H])([2H])C([2H])([2H])C4CCCN4C)ccc3OCCC)nc12. The van der Waals surface area contributed by atoms with Crippen molar-refractivity contribution < 1.29 is 29.6 Å². The van der Waals surface area contributed by atoms with E-state index in [0.29, 0.717) is 25.8 Å². The van der Waals surface area contributed by atoms with Gasteiger partial charge in [-0.3, -0.25) is 9.48 Å². The second-order valence-corrected chi connectivity index (χ2v) is 9.93. The predicted octanol–water partition coefficient (Wildman–Crippen LogP) is 2.83. The van der Waals surface area contributed by atoms with E-state index in [0.717, 1.165) is 12.1 Å². The van der Waals surface area contributed by atoms with Crippen LogP contribution in [-0.4, -0.2) is 65.8 Å². The summed E-state index contributed by atoms with van der Waals surface area (Å²) in [5.74, 6) is -0.433. The van der Waals surface area contributed by atoms with Crippen LogP contribution in [0.3, 0.4) is 0 Å². The fraction of sp³-hybridized carbons (Fsp3) is 0.560. The van der Waals surface area contributed by atoms with E-state index in [1.807, 2.05) is 4.72 Å². The average molecular weight is 529 g/mol. The smallest absolute Gasteiger partial charge is 0.277 e. The van der Waals surface area contributed by atoms with E-state index in [1.165, 1.54) is 6.07 Å². The molecule has 36 heavy (non-hydrogen) atoms.